The second kappa shape index (κ2) is 9.18. The molecule has 3 aromatic rings. The van der Waals surface area contributed by atoms with Crippen LogP contribution in [0.2, 0.25) is 0 Å². The van der Waals surface area contributed by atoms with Gasteiger partial charge in [-0.15, -0.1) is 11.3 Å². The van der Waals surface area contributed by atoms with Crippen molar-refractivity contribution >= 4 is 49.1 Å². The van der Waals surface area contributed by atoms with E-state index in [0.29, 0.717) is 21.0 Å². The predicted molar refractivity (Wildman–Crippen MR) is 121 cm³/mol. The number of rotatable bonds is 7. The standard InChI is InChI=1S/C20H22N4O6S2/c1-5-30-20(27)17-12(2)16-18(31-17)21-11-24(19(16)26)10-15(25)22-13-6-8-14(9-7-13)32(28,29)23(3)4/h6-9,11H,5,10H2,1-4H3,(H,22,25). The van der Waals surface area contributed by atoms with Crippen molar-refractivity contribution in [3.8, 4) is 0 Å². The van der Waals surface area contributed by atoms with E-state index in [0.717, 1.165) is 20.2 Å². The average Bonchev–Trinajstić information content (AvgIpc) is 3.08. The van der Waals surface area contributed by atoms with Crippen LogP contribution in [-0.4, -0.2) is 54.9 Å². The van der Waals surface area contributed by atoms with Gasteiger partial charge in [-0.2, -0.15) is 0 Å². The largest absolute Gasteiger partial charge is 0.462 e. The molecule has 0 fully saturated rings. The van der Waals surface area contributed by atoms with E-state index in [1.165, 1.54) is 44.7 Å². The van der Waals surface area contributed by atoms with Crippen LogP contribution in [0.25, 0.3) is 10.2 Å². The number of anilines is 1. The molecule has 0 radical (unpaired) electrons. The van der Waals surface area contributed by atoms with E-state index in [-0.39, 0.29) is 23.4 Å². The molecule has 0 bridgehead atoms. The summed E-state index contributed by atoms with van der Waals surface area (Å²) in [6.07, 6.45) is 1.25. The monoisotopic (exact) mass is 478 g/mol. The lowest BCUT2D eigenvalue weighted by Gasteiger charge is -2.12. The number of amides is 1. The van der Waals surface area contributed by atoms with Crippen LogP contribution >= 0.6 is 11.3 Å². The Balaban J connectivity index is 1.80. The highest BCUT2D eigenvalue weighted by Crippen LogP contribution is 2.27. The van der Waals surface area contributed by atoms with Gasteiger partial charge in [-0.1, -0.05) is 0 Å². The normalized spacial score (nSPS) is 11.7. The Hall–Kier alpha value is -3.09. The molecule has 0 aliphatic rings. The zero-order valence-corrected chi connectivity index (χ0v) is 19.5. The van der Waals surface area contributed by atoms with E-state index < -0.39 is 27.5 Å². The van der Waals surface area contributed by atoms with Crippen molar-refractivity contribution in [1.29, 1.82) is 0 Å². The molecule has 1 amide bonds. The molecule has 2 heterocycles. The molecule has 1 N–H and O–H groups in total. The quantitative estimate of drug-likeness (QED) is 0.513. The first-order chi connectivity index (χ1) is 15.1. The maximum Gasteiger partial charge on any atom is 0.348 e. The molecule has 0 atom stereocenters. The number of aryl methyl sites for hydroxylation is 1. The topological polar surface area (TPSA) is 128 Å². The lowest BCUT2D eigenvalue weighted by Crippen LogP contribution is -2.28. The Morgan fingerprint density at radius 3 is 2.47 bits per heavy atom. The van der Waals surface area contributed by atoms with Crippen LogP contribution < -0.4 is 10.9 Å². The number of carbonyl (C=O) groups excluding carboxylic acids is 2. The van der Waals surface area contributed by atoms with Crippen molar-refractivity contribution in [2.24, 2.45) is 0 Å². The second-order valence-electron chi connectivity index (χ2n) is 6.99. The fourth-order valence-electron chi connectivity index (χ4n) is 2.94. The summed E-state index contributed by atoms with van der Waals surface area (Å²) in [4.78, 5) is 42.4. The van der Waals surface area contributed by atoms with E-state index >= 15 is 0 Å². The SMILES string of the molecule is CCOC(=O)c1sc2ncn(CC(=O)Nc3ccc(S(=O)(=O)N(C)C)cc3)c(=O)c2c1C. The fraction of sp³-hybridized carbons (Fsp3) is 0.300. The summed E-state index contributed by atoms with van der Waals surface area (Å²) in [5.41, 5.74) is 0.404. The Bertz CT molecular complexity index is 1340. The molecule has 3 rings (SSSR count). The molecule has 0 aliphatic carbocycles. The number of aromatic nitrogens is 2. The van der Waals surface area contributed by atoms with Gasteiger partial charge in [0, 0.05) is 19.8 Å². The van der Waals surface area contributed by atoms with E-state index in [1.807, 2.05) is 0 Å². The third kappa shape index (κ3) is 4.56. The first-order valence-corrected chi connectivity index (χ1v) is 11.8. The van der Waals surface area contributed by atoms with Crippen molar-refractivity contribution in [2.45, 2.75) is 25.3 Å². The molecule has 12 heteroatoms. The van der Waals surface area contributed by atoms with Crippen LogP contribution in [-0.2, 0) is 26.1 Å². The predicted octanol–water partition coefficient (Wildman–Crippen LogP) is 1.83. The second-order valence-corrected chi connectivity index (χ2v) is 10.1. The minimum absolute atomic E-state index is 0.0942. The van der Waals surface area contributed by atoms with Gasteiger partial charge in [0.2, 0.25) is 15.9 Å². The van der Waals surface area contributed by atoms with E-state index in [4.69, 9.17) is 4.74 Å². The first-order valence-electron chi connectivity index (χ1n) is 9.54. The molecule has 1 aromatic carbocycles. The minimum atomic E-state index is -3.57. The molecular weight excluding hydrogens is 456 g/mol. The number of carbonyl (C=O) groups is 2. The van der Waals surface area contributed by atoms with Crippen LogP contribution in [0, 0.1) is 6.92 Å². The zero-order chi connectivity index (χ0) is 23.6. The highest BCUT2D eigenvalue weighted by atomic mass is 32.2. The van der Waals surface area contributed by atoms with Gasteiger partial charge in [-0.3, -0.25) is 14.2 Å². The van der Waals surface area contributed by atoms with Crippen molar-refractivity contribution in [3.63, 3.8) is 0 Å². The Kier molecular flexibility index (Phi) is 6.77. The molecule has 32 heavy (non-hydrogen) atoms. The van der Waals surface area contributed by atoms with Gasteiger partial charge >= 0.3 is 5.97 Å². The van der Waals surface area contributed by atoms with E-state index in [9.17, 15) is 22.8 Å². The maximum absolute atomic E-state index is 12.9. The summed E-state index contributed by atoms with van der Waals surface area (Å²) in [6.45, 7) is 3.25. The highest BCUT2D eigenvalue weighted by Gasteiger charge is 2.21. The first kappa shape index (κ1) is 23.6. The third-order valence-corrected chi connectivity index (χ3v) is 7.62. The van der Waals surface area contributed by atoms with Crippen LogP contribution in [0.1, 0.15) is 22.2 Å². The van der Waals surface area contributed by atoms with Crippen LogP contribution in [0.3, 0.4) is 0 Å². The molecule has 0 saturated heterocycles. The average molecular weight is 479 g/mol. The van der Waals surface area contributed by atoms with Crippen molar-refractivity contribution in [1.82, 2.24) is 13.9 Å². The maximum atomic E-state index is 12.9. The summed E-state index contributed by atoms with van der Waals surface area (Å²) in [6, 6.07) is 5.70. The Morgan fingerprint density at radius 1 is 1.22 bits per heavy atom. The summed E-state index contributed by atoms with van der Waals surface area (Å²) in [5.74, 6) is -1.01. The number of benzene rings is 1. The lowest BCUT2D eigenvalue weighted by molar-refractivity contribution is -0.116. The molecule has 0 unspecified atom stereocenters. The molecule has 170 valence electrons. The van der Waals surface area contributed by atoms with Crippen molar-refractivity contribution in [3.05, 3.63) is 51.4 Å². The van der Waals surface area contributed by atoms with Crippen LogP contribution in [0.15, 0.2) is 40.3 Å². The number of fused-ring (bicyclic) bond motifs is 1. The highest BCUT2D eigenvalue weighted by molar-refractivity contribution is 7.89. The summed E-state index contributed by atoms with van der Waals surface area (Å²) < 4.78 is 31.5. The number of thiophene rings is 1. The Labute approximate surface area is 188 Å². The van der Waals surface area contributed by atoms with E-state index in [2.05, 4.69) is 10.3 Å². The number of hydrogen-bond acceptors (Lipinski definition) is 8. The van der Waals surface area contributed by atoms with Crippen molar-refractivity contribution < 1.29 is 22.7 Å². The Morgan fingerprint density at radius 2 is 1.88 bits per heavy atom. The smallest absolute Gasteiger partial charge is 0.348 e. The van der Waals surface area contributed by atoms with Gasteiger partial charge in [-0.25, -0.2) is 22.5 Å². The van der Waals surface area contributed by atoms with Crippen molar-refractivity contribution in [2.75, 3.05) is 26.0 Å². The molecule has 0 aliphatic heterocycles. The molecule has 10 nitrogen and oxygen atoms in total. The zero-order valence-electron chi connectivity index (χ0n) is 17.9. The van der Waals surface area contributed by atoms with Crippen LogP contribution in [0.5, 0.6) is 0 Å². The van der Waals surface area contributed by atoms with Gasteiger partial charge in [0.25, 0.3) is 5.56 Å². The number of ether oxygens (including phenoxy) is 1. The lowest BCUT2D eigenvalue weighted by atomic mass is 10.2. The van der Waals surface area contributed by atoms with E-state index in [1.54, 1.807) is 13.8 Å². The number of hydrogen-bond donors (Lipinski definition) is 1. The summed E-state index contributed by atoms with van der Waals surface area (Å²) >= 11 is 1.07. The minimum Gasteiger partial charge on any atom is -0.462 e. The number of sulfonamides is 1. The summed E-state index contributed by atoms with van der Waals surface area (Å²) in [5, 5.41) is 2.89. The van der Waals surface area contributed by atoms with Gasteiger partial charge in [0.15, 0.2) is 0 Å². The number of nitrogens with one attached hydrogen (secondary N) is 1. The number of nitrogens with zero attached hydrogens (tertiary/aromatic N) is 3. The van der Waals surface area contributed by atoms with Gasteiger partial charge in [-0.05, 0) is 43.7 Å². The number of esters is 1. The summed E-state index contributed by atoms with van der Waals surface area (Å²) in [7, 11) is -0.716. The van der Waals surface area contributed by atoms with Crippen LogP contribution in [0.4, 0.5) is 5.69 Å². The van der Waals surface area contributed by atoms with Gasteiger partial charge < -0.3 is 10.1 Å². The van der Waals surface area contributed by atoms with Gasteiger partial charge in [0.05, 0.1) is 23.2 Å². The van der Waals surface area contributed by atoms with Gasteiger partial charge in [0.1, 0.15) is 16.3 Å². The third-order valence-electron chi connectivity index (χ3n) is 4.61. The molecule has 0 spiro atoms. The fourth-order valence-corrected chi connectivity index (χ4v) is 4.87. The molecule has 0 saturated carbocycles. The molecule has 2 aromatic heterocycles. The molecular formula is C20H22N4O6S2.